The van der Waals surface area contributed by atoms with E-state index in [0.29, 0.717) is 34.1 Å². The number of rotatable bonds is 6. The maximum absolute atomic E-state index is 13.1. The molecule has 0 bridgehead atoms. The Morgan fingerprint density at radius 1 is 1.06 bits per heavy atom. The molecular weight excluding hydrogens is 435 g/mol. The quantitative estimate of drug-likeness (QED) is 0.374. The van der Waals surface area contributed by atoms with Crippen molar-refractivity contribution in [3.05, 3.63) is 74.3 Å². The smallest absolute Gasteiger partial charge is 0.295 e. The van der Waals surface area contributed by atoms with E-state index in [4.69, 9.17) is 23.2 Å². The Balaban J connectivity index is 2.17. The maximum Gasteiger partial charge on any atom is 0.295 e. The van der Waals surface area contributed by atoms with Gasteiger partial charge in [0.1, 0.15) is 5.76 Å². The minimum Gasteiger partial charge on any atom is -0.507 e. The molecule has 2 aromatic carbocycles. The third-order valence-corrected chi connectivity index (χ3v) is 6.19. The van der Waals surface area contributed by atoms with Gasteiger partial charge in [0.25, 0.3) is 11.7 Å². The van der Waals surface area contributed by atoms with Gasteiger partial charge in [-0.2, -0.15) is 0 Å². The number of Topliss-reactive ketones (excluding diaryl/α,β-unsaturated/α-hetero) is 1. The lowest BCUT2D eigenvalue weighted by molar-refractivity contribution is -0.139. The Hall–Kier alpha value is -2.34. The van der Waals surface area contributed by atoms with E-state index < -0.39 is 17.7 Å². The minimum absolute atomic E-state index is 0.0712. The normalized spacial score (nSPS) is 18.3. The predicted molar refractivity (Wildman–Crippen MR) is 125 cm³/mol. The lowest BCUT2D eigenvalue weighted by atomic mass is 9.93. The molecule has 5 nitrogen and oxygen atoms in total. The highest BCUT2D eigenvalue weighted by atomic mass is 35.5. The first-order valence-corrected chi connectivity index (χ1v) is 10.8. The lowest BCUT2D eigenvalue weighted by Crippen LogP contribution is -2.32. The van der Waals surface area contributed by atoms with Gasteiger partial charge < -0.3 is 14.9 Å². The summed E-state index contributed by atoms with van der Waals surface area (Å²) in [7, 11) is 3.90. The van der Waals surface area contributed by atoms with E-state index in [1.807, 2.05) is 51.0 Å². The highest BCUT2D eigenvalue weighted by Crippen LogP contribution is 2.41. The highest BCUT2D eigenvalue weighted by Gasteiger charge is 2.46. The summed E-state index contributed by atoms with van der Waals surface area (Å²) < 4.78 is 0. The molecule has 1 N–H and O–H groups in total. The third-order valence-electron chi connectivity index (χ3n) is 5.45. The number of hydrogen-bond donors (Lipinski definition) is 1. The van der Waals surface area contributed by atoms with Crippen LogP contribution >= 0.6 is 23.2 Å². The summed E-state index contributed by atoms with van der Waals surface area (Å²) in [6, 6.07) is 9.91. The number of aryl methyl sites for hydroxylation is 2. The molecule has 0 aliphatic carbocycles. The van der Waals surface area contributed by atoms with Crippen molar-refractivity contribution in [2.45, 2.75) is 26.3 Å². The summed E-state index contributed by atoms with van der Waals surface area (Å²) in [5.41, 5.74) is 3.00. The van der Waals surface area contributed by atoms with Crippen molar-refractivity contribution in [1.29, 1.82) is 0 Å². The van der Waals surface area contributed by atoms with Gasteiger partial charge in [0.15, 0.2) is 0 Å². The van der Waals surface area contributed by atoms with Gasteiger partial charge in [0, 0.05) is 12.1 Å². The molecule has 1 unspecified atom stereocenters. The SMILES string of the molecule is Cc1ccc(C)c(C(O)=C2C(=O)C(=O)N(CCCN(C)C)C2c2ccc(Cl)c(Cl)c2)c1. The third kappa shape index (κ3) is 4.79. The van der Waals surface area contributed by atoms with Crippen LogP contribution in [0.3, 0.4) is 0 Å². The summed E-state index contributed by atoms with van der Waals surface area (Å²) in [6.07, 6.45) is 0.682. The fourth-order valence-electron chi connectivity index (χ4n) is 3.83. The Morgan fingerprint density at radius 2 is 1.77 bits per heavy atom. The molecule has 2 aromatic rings. The Morgan fingerprint density at radius 3 is 2.42 bits per heavy atom. The van der Waals surface area contributed by atoms with Gasteiger partial charge in [-0.3, -0.25) is 9.59 Å². The molecular formula is C24H26Cl2N2O3. The molecule has 0 saturated carbocycles. The molecule has 1 heterocycles. The van der Waals surface area contributed by atoms with E-state index in [2.05, 4.69) is 0 Å². The maximum atomic E-state index is 13.1. The molecule has 164 valence electrons. The number of nitrogens with zero attached hydrogens (tertiary/aromatic N) is 2. The van der Waals surface area contributed by atoms with Crippen molar-refractivity contribution in [3.8, 4) is 0 Å². The topological polar surface area (TPSA) is 60.9 Å². The summed E-state index contributed by atoms with van der Waals surface area (Å²) in [5, 5.41) is 11.9. The first-order valence-electron chi connectivity index (χ1n) is 10.1. The monoisotopic (exact) mass is 460 g/mol. The molecule has 1 amide bonds. The highest BCUT2D eigenvalue weighted by molar-refractivity contribution is 6.47. The molecule has 31 heavy (non-hydrogen) atoms. The fourth-order valence-corrected chi connectivity index (χ4v) is 4.14. The summed E-state index contributed by atoms with van der Waals surface area (Å²) in [6.45, 7) is 4.90. The van der Waals surface area contributed by atoms with E-state index in [9.17, 15) is 14.7 Å². The van der Waals surface area contributed by atoms with Crippen LogP contribution in [0.5, 0.6) is 0 Å². The number of amides is 1. The van der Waals surface area contributed by atoms with Gasteiger partial charge in [-0.15, -0.1) is 0 Å². The van der Waals surface area contributed by atoms with Gasteiger partial charge in [-0.05, 0) is 70.2 Å². The number of aliphatic hydroxyl groups is 1. The Bertz CT molecular complexity index is 1060. The van der Waals surface area contributed by atoms with Gasteiger partial charge in [0.2, 0.25) is 0 Å². The predicted octanol–water partition coefficient (Wildman–Crippen LogP) is 4.98. The summed E-state index contributed by atoms with van der Waals surface area (Å²) >= 11 is 12.3. The van der Waals surface area contributed by atoms with Crippen molar-refractivity contribution in [2.75, 3.05) is 27.2 Å². The van der Waals surface area contributed by atoms with Crippen LogP contribution in [0.25, 0.3) is 5.76 Å². The van der Waals surface area contributed by atoms with Crippen molar-refractivity contribution < 1.29 is 14.7 Å². The number of carbonyl (C=O) groups is 2. The van der Waals surface area contributed by atoms with Crippen molar-refractivity contribution in [3.63, 3.8) is 0 Å². The standard InChI is InChI=1S/C24H26Cl2N2O3/c1-14-6-7-15(2)17(12-14)22(29)20-21(16-8-9-18(25)19(26)13-16)28(24(31)23(20)30)11-5-10-27(3)4/h6-9,12-13,21,29H,5,10-11H2,1-4H3. The van der Waals surface area contributed by atoms with Crippen LogP contribution in [0.15, 0.2) is 42.0 Å². The van der Waals surface area contributed by atoms with E-state index >= 15 is 0 Å². The zero-order chi connectivity index (χ0) is 22.9. The van der Waals surface area contributed by atoms with E-state index in [-0.39, 0.29) is 11.3 Å². The molecule has 1 saturated heterocycles. The average molecular weight is 461 g/mol. The Kier molecular flexibility index (Phi) is 7.10. The second-order valence-corrected chi connectivity index (χ2v) is 8.96. The lowest BCUT2D eigenvalue weighted by Gasteiger charge is -2.26. The number of aliphatic hydroxyl groups excluding tert-OH is 1. The number of likely N-dealkylation sites (tertiary alicyclic amines) is 1. The molecule has 0 radical (unpaired) electrons. The number of ketones is 1. The van der Waals surface area contributed by atoms with Gasteiger partial charge in [0.05, 0.1) is 21.7 Å². The average Bonchev–Trinajstić information content (AvgIpc) is 2.96. The summed E-state index contributed by atoms with van der Waals surface area (Å²) in [5.74, 6) is -1.49. The molecule has 1 aliphatic heterocycles. The van der Waals surface area contributed by atoms with Crippen molar-refractivity contribution >= 4 is 40.7 Å². The van der Waals surface area contributed by atoms with Gasteiger partial charge in [-0.1, -0.05) is 47.0 Å². The molecule has 3 rings (SSSR count). The van der Waals surface area contributed by atoms with Crippen molar-refractivity contribution in [2.24, 2.45) is 0 Å². The zero-order valence-corrected chi connectivity index (χ0v) is 19.6. The number of benzene rings is 2. The number of halogens is 2. The molecule has 1 fully saturated rings. The molecule has 1 aliphatic rings. The zero-order valence-electron chi connectivity index (χ0n) is 18.1. The van der Waals surface area contributed by atoms with Crippen LogP contribution in [0.4, 0.5) is 0 Å². The van der Waals surface area contributed by atoms with Crippen LogP contribution in [0.2, 0.25) is 10.0 Å². The minimum atomic E-state index is -0.739. The van der Waals surface area contributed by atoms with E-state index in [0.717, 1.165) is 17.7 Å². The molecule has 0 spiro atoms. The molecule has 0 aromatic heterocycles. The van der Waals surface area contributed by atoms with Gasteiger partial charge in [-0.25, -0.2) is 0 Å². The second kappa shape index (κ2) is 9.43. The van der Waals surface area contributed by atoms with Crippen molar-refractivity contribution in [1.82, 2.24) is 9.80 Å². The number of hydrogen-bond acceptors (Lipinski definition) is 4. The van der Waals surface area contributed by atoms with E-state index in [1.54, 1.807) is 18.2 Å². The molecule has 1 atom stereocenters. The van der Waals surface area contributed by atoms with Crippen LogP contribution in [-0.2, 0) is 9.59 Å². The largest absolute Gasteiger partial charge is 0.507 e. The molecule has 7 heteroatoms. The van der Waals surface area contributed by atoms with E-state index in [1.165, 1.54) is 4.90 Å². The van der Waals surface area contributed by atoms with Crippen LogP contribution in [0, 0.1) is 13.8 Å². The van der Waals surface area contributed by atoms with Crippen LogP contribution < -0.4 is 0 Å². The first kappa shape index (κ1) is 23.3. The second-order valence-electron chi connectivity index (χ2n) is 8.14. The Labute approximate surface area is 192 Å². The number of carbonyl (C=O) groups excluding carboxylic acids is 2. The van der Waals surface area contributed by atoms with Crippen LogP contribution in [0.1, 0.15) is 34.7 Å². The van der Waals surface area contributed by atoms with Gasteiger partial charge >= 0.3 is 0 Å². The first-order chi connectivity index (χ1) is 14.6. The summed E-state index contributed by atoms with van der Waals surface area (Å²) in [4.78, 5) is 29.6. The van der Waals surface area contributed by atoms with Crippen LogP contribution in [-0.4, -0.2) is 53.8 Å². The fraction of sp³-hybridized carbons (Fsp3) is 0.333.